The van der Waals surface area contributed by atoms with Gasteiger partial charge in [-0.3, -0.25) is 19.1 Å². The van der Waals surface area contributed by atoms with E-state index >= 15 is 0 Å². The Hall–Kier alpha value is -2.54. The van der Waals surface area contributed by atoms with Crippen molar-refractivity contribution < 1.29 is 4.79 Å². The SMILES string of the molecule is N#CC1(NC(=O)Cn2c(CN3CCCCC3)nc3scc(-c4cccs4)c3c2=O)CCCC1. The molecule has 1 aliphatic carbocycles. The summed E-state index contributed by atoms with van der Waals surface area (Å²) in [5.74, 6) is 0.330. The lowest BCUT2D eigenvalue weighted by atomic mass is 10.00. The van der Waals surface area contributed by atoms with Crippen LogP contribution in [0, 0.1) is 11.3 Å². The molecule has 7 nitrogen and oxygen atoms in total. The lowest BCUT2D eigenvalue weighted by Gasteiger charge is -2.27. The quantitative estimate of drug-likeness (QED) is 0.572. The first-order chi connectivity index (χ1) is 16.1. The fraction of sp³-hybridized carbons (Fsp3) is 0.500. The molecule has 0 bridgehead atoms. The van der Waals surface area contributed by atoms with Crippen LogP contribution in [0.5, 0.6) is 0 Å². The van der Waals surface area contributed by atoms with Gasteiger partial charge in [0, 0.05) is 15.8 Å². The Morgan fingerprint density at radius 2 is 1.97 bits per heavy atom. The van der Waals surface area contributed by atoms with Gasteiger partial charge < -0.3 is 5.32 Å². The Bertz CT molecular complexity index is 1240. The van der Waals surface area contributed by atoms with Gasteiger partial charge in [0.15, 0.2) is 0 Å². The van der Waals surface area contributed by atoms with Gasteiger partial charge >= 0.3 is 0 Å². The Morgan fingerprint density at radius 1 is 1.18 bits per heavy atom. The largest absolute Gasteiger partial charge is 0.336 e. The maximum atomic E-state index is 13.8. The second-order valence-corrected chi connectivity index (χ2v) is 10.8. The van der Waals surface area contributed by atoms with Gasteiger partial charge in [0.05, 0.1) is 18.0 Å². The minimum absolute atomic E-state index is 0.117. The third-order valence-corrected chi connectivity index (χ3v) is 8.50. The molecule has 2 fully saturated rings. The molecule has 1 saturated heterocycles. The van der Waals surface area contributed by atoms with E-state index in [4.69, 9.17) is 4.98 Å². The molecule has 33 heavy (non-hydrogen) atoms. The summed E-state index contributed by atoms with van der Waals surface area (Å²) in [6.07, 6.45) is 6.69. The summed E-state index contributed by atoms with van der Waals surface area (Å²) in [4.78, 5) is 35.8. The topological polar surface area (TPSA) is 91.0 Å². The van der Waals surface area contributed by atoms with Crippen LogP contribution in [0.1, 0.15) is 50.8 Å². The van der Waals surface area contributed by atoms with Gasteiger partial charge in [-0.05, 0) is 63.1 Å². The van der Waals surface area contributed by atoms with E-state index in [9.17, 15) is 14.9 Å². The summed E-state index contributed by atoms with van der Waals surface area (Å²) in [6, 6.07) is 6.27. The van der Waals surface area contributed by atoms with E-state index in [1.54, 1.807) is 11.3 Å². The monoisotopic (exact) mass is 481 g/mol. The lowest BCUT2D eigenvalue weighted by molar-refractivity contribution is -0.123. The number of aromatic nitrogens is 2. The number of nitrogens with zero attached hydrogens (tertiary/aromatic N) is 4. The van der Waals surface area contributed by atoms with Crippen LogP contribution in [-0.2, 0) is 17.9 Å². The second kappa shape index (κ2) is 9.37. The Labute approximate surface area is 200 Å². The highest BCUT2D eigenvalue weighted by Crippen LogP contribution is 2.34. The Kier molecular flexibility index (Phi) is 6.32. The van der Waals surface area contributed by atoms with E-state index in [0.717, 1.165) is 54.0 Å². The summed E-state index contributed by atoms with van der Waals surface area (Å²) >= 11 is 3.07. The van der Waals surface area contributed by atoms with E-state index in [1.807, 2.05) is 22.9 Å². The number of hydrogen-bond donors (Lipinski definition) is 1. The van der Waals surface area contributed by atoms with Crippen LogP contribution in [0.15, 0.2) is 27.7 Å². The molecular weight excluding hydrogens is 454 g/mol. The molecule has 5 rings (SSSR count). The number of carbonyl (C=O) groups excluding carboxylic acids is 1. The van der Waals surface area contributed by atoms with Crippen LogP contribution >= 0.6 is 22.7 Å². The van der Waals surface area contributed by atoms with E-state index in [1.165, 1.54) is 22.3 Å². The van der Waals surface area contributed by atoms with Crippen LogP contribution in [0.25, 0.3) is 20.7 Å². The summed E-state index contributed by atoms with van der Waals surface area (Å²) in [5, 5.41) is 17.2. The number of likely N-dealkylation sites (tertiary alicyclic amines) is 1. The number of thiophene rings is 2. The number of rotatable bonds is 6. The number of hydrogen-bond acceptors (Lipinski definition) is 7. The first-order valence-corrected chi connectivity index (χ1v) is 13.3. The molecule has 4 heterocycles. The van der Waals surface area contributed by atoms with Gasteiger partial charge in [0.25, 0.3) is 5.56 Å². The number of nitriles is 1. The van der Waals surface area contributed by atoms with Gasteiger partial charge in [0.2, 0.25) is 5.91 Å². The molecule has 0 radical (unpaired) electrons. The molecule has 3 aromatic rings. The average molecular weight is 482 g/mol. The van der Waals surface area contributed by atoms with Crippen LogP contribution in [-0.4, -0.2) is 39.0 Å². The molecule has 9 heteroatoms. The van der Waals surface area contributed by atoms with Crippen LogP contribution in [0.4, 0.5) is 0 Å². The van der Waals surface area contributed by atoms with Crippen LogP contribution in [0.2, 0.25) is 0 Å². The molecule has 0 spiro atoms. The maximum Gasteiger partial charge on any atom is 0.263 e. The predicted molar refractivity (Wildman–Crippen MR) is 131 cm³/mol. The number of carbonyl (C=O) groups is 1. The molecule has 1 amide bonds. The van der Waals surface area contributed by atoms with Gasteiger partial charge in [-0.1, -0.05) is 12.5 Å². The van der Waals surface area contributed by atoms with Crippen molar-refractivity contribution in [1.82, 2.24) is 19.8 Å². The fourth-order valence-corrected chi connectivity index (χ4v) is 6.75. The summed E-state index contributed by atoms with van der Waals surface area (Å²) in [6.45, 7) is 2.38. The normalized spacial score (nSPS) is 18.4. The molecule has 1 aliphatic heterocycles. The number of nitrogens with one attached hydrogen (secondary N) is 1. The van der Waals surface area contributed by atoms with Crippen molar-refractivity contribution in [3.05, 3.63) is 39.1 Å². The van der Waals surface area contributed by atoms with Crippen molar-refractivity contribution in [2.24, 2.45) is 0 Å². The maximum absolute atomic E-state index is 13.8. The zero-order valence-corrected chi connectivity index (χ0v) is 20.1. The summed E-state index contributed by atoms with van der Waals surface area (Å²) in [7, 11) is 0. The molecule has 0 unspecified atom stereocenters. The molecule has 3 aromatic heterocycles. The van der Waals surface area contributed by atoms with Crippen LogP contribution in [0.3, 0.4) is 0 Å². The third kappa shape index (κ3) is 4.47. The van der Waals surface area contributed by atoms with Crippen molar-refractivity contribution in [1.29, 1.82) is 5.26 Å². The third-order valence-electron chi connectivity index (χ3n) is 6.72. The minimum Gasteiger partial charge on any atom is -0.336 e. The Morgan fingerprint density at radius 3 is 2.67 bits per heavy atom. The van der Waals surface area contributed by atoms with Crippen molar-refractivity contribution in [3.8, 4) is 16.5 Å². The molecular formula is C24H27N5O2S2. The standard InChI is InChI=1S/C24H27N5O2S2/c25-16-24(8-2-3-9-24)27-20(30)14-29-19(13-28-10-4-1-5-11-28)26-22-21(23(29)31)17(15-33-22)18-7-6-12-32-18/h6-7,12,15H,1-5,8-11,13-14H2,(H,27,30). The zero-order valence-electron chi connectivity index (χ0n) is 18.5. The highest BCUT2D eigenvalue weighted by Gasteiger charge is 2.35. The summed E-state index contributed by atoms with van der Waals surface area (Å²) < 4.78 is 1.54. The number of piperidine rings is 1. The van der Waals surface area contributed by atoms with E-state index in [2.05, 4.69) is 16.3 Å². The van der Waals surface area contributed by atoms with Gasteiger partial charge in [-0.2, -0.15) is 5.26 Å². The highest BCUT2D eigenvalue weighted by molar-refractivity contribution is 7.18. The molecule has 1 N–H and O–H groups in total. The average Bonchev–Trinajstić information content (AvgIpc) is 3.58. The van der Waals surface area contributed by atoms with Gasteiger partial charge in [0.1, 0.15) is 22.7 Å². The molecule has 2 aliphatic rings. The van der Waals surface area contributed by atoms with Gasteiger partial charge in [-0.15, -0.1) is 22.7 Å². The predicted octanol–water partition coefficient (Wildman–Crippen LogP) is 4.12. The smallest absolute Gasteiger partial charge is 0.263 e. The second-order valence-electron chi connectivity index (χ2n) is 9.01. The van der Waals surface area contributed by atoms with E-state index < -0.39 is 5.54 Å². The molecule has 172 valence electrons. The van der Waals surface area contributed by atoms with Crippen LogP contribution < -0.4 is 10.9 Å². The first-order valence-electron chi connectivity index (χ1n) is 11.6. The molecule has 1 saturated carbocycles. The molecule has 0 atom stereocenters. The van der Waals surface area contributed by atoms with Crippen molar-refractivity contribution in [2.75, 3.05) is 13.1 Å². The first kappa shape index (κ1) is 22.3. The van der Waals surface area contributed by atoms with E-state index in [0.29, 0.717) is 30.6 Å². The fourth-order valence-electron chi connectivity index (χ4n) is 4.97. The van der Waals surface area contributed by atoms with Crippen molar-refractivity contribution >= 4 is 38.8 Å². The highest BCUT2D eigenvalue weighted by atomic mass is 32.1. The Balaban J connectivity index is 1.53. The lowest BCUT2D eigenvalue weighted by Crippen LogP contribution is -2.47. The number of fused-ring (bicyclic) bond motifs is 1. The minimum atomic E-state index is -0.810. The number of amides is 1. The molecule has 0 aromatic carbocycles. The van der Waals surface area contributed by atoms with Crippen molar-refractivity contribution in [2.45, 2.75) is 63.6 Å². The van der Waals surface area contributed by atoms with Crippen molar-refractivity contribution in [3.63, 3.8) is 0 Å². The summed E-state index contributed by atoms with van der Waals surface area (Å²) in [5.41, 5.74) is -0.106. The zero-order chi connectivity index (χ0) is 22.8. The van der Waals surface area contributed by atoms with Gasteiger partial charge in [-0.25, -0.2) is 4.98 Å². The van der Waals surface area contributed by atoms with E-state index in [-0.39, 0.29) is 18.0 Å².